The summed E-state index contributed by atoms with van der Waals surface area (Å²) >= 11 is 6.50. The minimum absolute atomic E-state index is 0.211. The Morgan fingerprint density at radius 3 is 2.67 bits per heavy atom. The first-order valence-corrected chi connectivity index (χ1v) is 13.7. The van der Waals surface area contributed by atoms with Gasteiger partial charge in [-0.25, -0.2) is 9.19 Å². The van der Waals surface area contributed by atoms with Gasteiger partial charge in [-0.1, -0.05) is 23.7 Å². The summed E-state index contributed by atoms with van der Waals surface area (Å²) in [6, 6.07) is 8.58. The van der Waals surface area contributed by atoms with Gasteiger partial charge in [0.25, 0.3) is 11.9 Å². The minimum atomic E-state index is -2.58. The molecule has 3 aliphatic rings. The SMILES string of the molecule is O=C(N=S1(=O)CCOCC1)c1ccc(-c2nc3nc(O[C@@H]4CO[C@H]5[C@@H]4OC[C@H]5O)[nH]c3cc2Cl)cc1. The van der Waals surface area contributed by atoms with Gasteiger partial charge >= 0.3 is 0 Å². The molecule has 0 spiro atoms. The number of nitrogens with one attached hydrogen (secondary N) is 1. The van der Waals surface area contributed by atoms with Crippen LogP contribution in [0.5, 0.6) is 6.01 Å². The summed E-state index contributed by atoms with van der Waals surface area (Å²) in [4.78, 5) is 24.6. The number of imidazole rings is 1. The van der Waals surface area contributed by atoms with Crippen LogP contribution in [0.25, 0.3) is 22.4 Å². The maximum Gasteiger partial charge on any atom is 0.296 e. The Hall–Kier alpha value is -2.61. The number of aliphatic hydroxyl groups is 1. The number of ether oxygens (including phenoxy) is 4. The molecule has 0 aliphatic carbocycles. The number of aromatic nitrogens is 3. The predicted molar refractivity (Wildman–Crippen MR) is 130 cm³/mol. The van der Waals surface area contributed by atoms with E-state index in [0.717, 1.165) is 0 Å². The van der Waals surface area contributed by atoms with Crippen LogP contribution in [0.3, 0.4) is 0 Å². The number of pyridine rings is 1. The number of carbonyl (C=O) groups is 1. The van der Waals surface area contributed by atoms with E-state index in [4.69, 9.17) is 30.5 Å². The fraction of sp³-hybridized carbons (Fsp3) is 0.435. The Balaban J connectivity index is 1.21. The van der Waals surface area contributed by atoms with E-state index in [1.807, 2.05) is 0 Å². The zero-order valence-electron chi connectivity index (χ0n) is 19.0. The van der Waals surface area contributed by atoms with Crippen molar-refractivity contribution in [2.45, 2.75) is 24.4 Å². The second-order valence-corrected chi connectivity index (χ2v) is 11.8. The smallest absolute Gasteiger partial charge is 0.296 e. The summed E-state index contributed by atoms with van der Waals surface area (Å²) in [6.07, 6.45) is -1.84. The van der Waals surface area contributed by atoms with E-state index in [1.165, 1.54) is 0 Å². The molecule has 190 valence electrons. The fourth-order valence-electron chi connectivity index (χ4n) is 4.49. The van der Waals surface area contributed by atoms with Gasteiger partial charge in [0, 0.05) is 11.1 Å². The number of amides is 1. The highest BCUT2D eigenvalue weighted by atomic mass is 35.5. The fourth-order valence-corrected chi connectivity index (χ4v) is 6.30. The molecular formula is C23H23ClN4O7S. The highest BCUT2D eigenvalue weighted by Crippen LogP contribution is 2.32. The van der Waals surface area contributed by atoms with Crippen LogP contribution in [0.4, 0.5) is 0 Å². The van der Waals surface area contributed by atoms with Crippen molar-refractivity contribution in [3.05, 3.63) is 40.9 Å². The number of aromatic amines is 1. The number of hydrogen-bond donors (Lipinski definition) is 2. The van der Waals surface area contributed by atoms with Crippen molar-refractivity contribution in [2.24, 2.45) is 4.36 Å². The van der Waals surface area contributed by atoms with Crippen molar-refractivity contribution in [3.63, 3.8) is 0 Å². The lowest BCUT2D eigenvalue weighted by Gasteiger charge is -2.15. The molecule has 1 aromatic carbocycles. The molecule has 0 unspecified atom stereocenters. The Morgan fingerprint density at radius 1 is 1.14 bits per heavy atom. The third kappa shape index (κ3) is 4.49. The highest BCUT2D eigenvalue weighted by molar-refractivity contribution is 7.94. The Kier molecular flexibility index (Phi) is 6.18. The van der Waals surface area contributed by atoms with Crippen LogP contribution in [0.15, 0.2) is 34.7 Å². The number of H-pyrrole nitrogens is 1. The van der Waals surface area contributed by atoms with Gasteiger partial charge in [0.2, 0.25) is 0 Å². The molecule has 13 heteroatoms. The molecule has 11 nitrogen and oxygen atoms in total. The average molecular weight is 535 g/mol. The number of halogens is 1. The maximum absolute atomic E-state index is 12.7. The Labute approximate surface area is 211 Å². The molecule has 4 atom stereocenters. The first kappa shape index (κ1) is 23.8. The average Bonchev–Trinajstić information content (AvgIpc) is 3.55. The molecule has 2 N–H and O–H groups in total. The molecule has 5 heterocycles. The van der Waals surface area contributed by atoms with Crippen molar-refractivity contribution >= 4 is 38.4 Å². The van der Waals surface area contributed by atoms with Crippen molar-refractivity contribution in [2.75, 3.05) is 37.9 Å². The van der Waals surface area contributed by atoms with Crippen LogP contribution in [0, 0.1) is 0 Å². The van der Waals surface area contributed by atoms with Crippen molar-refractivity contribution < 1.29 is 33.1 Å². The molecule has 0 saturated carbocycles. The molecule has 0 radical (unpaired) electrons. The van der Waals surface area contributed by atoms with E-state index in [0.29, 0.717) is 46.2 Å². The topological polar surface area (TPSA) is 145 Å². The second-order valence-electron chi connectivity index (χ2n) is 8.82. The second kappa shape index (κ2) is 9.36. The lowest BCUT2D eigenvalue weighted by atomic mass is 10.1. The summed E-state index contributed by atoms with van der Waals surface area (Å²) in [5, 5.41) is 10.3. The van der Waals surface area contributed by atoms with Crippen LogP contribution in [-0.4, -0.2) is 92.5 Å². The standard InChI is InChI=1S/C23H23ClN4O7S/c24-14-9-15-21(27-23(25-15)35-17-11-34-19-16(29)10-33-20(17)19)26-18(14)12-1-3-13(4-2-12)22(30)28-36(31)7-5-32-6-8-36/h1-4,9,16-17,19-20,29H,5-8,10-11H2,(H,25,26,27)/t16-,17-,19-,20-/m1/s1. The van der Waals surface area contributed by atoms with E-state index in [9.17, 15) is 14.1 Å². The van der Waals surface area contributed by atoms with Crippen molar-refractivity contribution in [1.82, 2.24) is 15.0 Å². The van der Waals surface area contributed by atoms with Gasteiger partial charge < -0.3 is 29.0 Å². The summed E-state index contributed by atoms with van der Waals surface area (Å²) in [5.41, 5.74) is 2.49. The number of rotatable bonds is 4. The lowest BCUT2D eigenvalue weighted by Crippen LogP contribution is -2.34. The van der Waals surface area contributed by atoms with Crippen LogP contribution in [0.2, 0.25) is 5.02 Å². The number of nitrogens with zero attached hydrogens (tertiary/aromatic N) is 3. The highest BCUT2D eigenvalue weighted by Gasteiger charge is 2.48. The van der Waals surface area contributed by atoms with Crippen molar-refractivity contribution in [1.29, 1.82) is 0 Å². The Morgan fingerprint density at radius 2 is 1.89 bits per heavy atom. The molecule has 3 fully saturated rings. The van der Waals surface area contributed by atoms with Crippen LogP contribution in [-0.2, 0) is 23.9 Å². The predicted octanol–water partition coefficient (Wildman–Crippen LogP) is 1.82. The number of hydrogen-bond acceptors (Lipinski definition) is 9. The number of fused-ring (bicyclic) bond motifs is 2. The molecule has 3 aromatic rings. The third-order valence-corrected chi connectivity index (χ3v) is 8.79. The van der Waals surface area contributed by atoms with E-state index in [-0.39, 0.29) is 36.8 Å². The number of aliphatic hydroxyl groups excluding tert-OH is 1. The molecule has 36 heavy (non-hydrogen) atoms. The summed E-state index contributed by atoms with van der Waals surface area (Å²) in [6.45, 7) is 1.17. The van der Waals surface area contributed by atoms with Gasteiger partial charge in [0.1, 0.15) is 18.3 Å². The van der Waals surface area contributed by atoms with Gasteiger partial charge in [-0.2, -0.15) is 9.35 Å². The zero-order valence-corrected chi connectivity index (χ0v) is 20.5. The van der Waals surface area contributed by atoms with Gasteiger partial charge in [-0.05, 0) is 18.2 Å². The minimum Gasteiger partial charge on any atom is -0.456 e. The molecule has 6 rings (SSSR count). The van der Waals surface area contributed by atoms with Gasteiger partial charge in [-0.3, -0.25) is 4.79 Å². The van der Waals surface area contributed by atoms with Crippen LogP contribution < -0.4 is 4.74 Å². The number of carbonyl (C=O) groups excluding carboxylic acids is 1. The normalized spacial score (nSPS) is 27.2. The van der Waals surface area contributed by atoms with Crippen molar-refractivity contribution in [3.8, 4) is 17.3 Å². The van der Waals surface area contributed by atoms with E-state index < -0.39 is 33.9 Å². The monoisotopic (exact) mass is 534 g/mol. The third-order valence-electron chi connectivity index (χ3n) is 6.40. The summed E-state index contributed by atoms with van der Waals surface area (Å²) in [7, 11) is -2.58. The first-order chi connectivity index (χ1) is 17.4. The molecular weight excluding hydrogens is 512 g/mol. The van der Waals surface area contributed by atoms with E-state index in [2.05, 4.69) is 19.3 Å². The quantitative estimate of drug-likeness (QED) is 0.511. The van der Waals surface area contributed by atoms with Crippen LogP contribution >= 0.6 is 11.6 Å². The summed E-state index contributed by atoms with van der Waals surface area (Å²) < 4.78 is 39.0. The number of benzene rings is 1. The lowest BCUT2D eigenvalue weighted by molar-refractivity contribution is 0.00706. The molecule has 0 bridgehead atoms. The van der Waals surface area contributed by atoms with E-state index in [1.54, 1.807) is 30.3 Å². The zero-order chi connectivity index (χ0) is 24.9. The Bertz CT molecular complexity index is 1420. The largest absolute Gasteiger partial charge is 0.456 e. The first-order valence-electron chi connectivity index (χ1n) is 11.5. The van der Waals surface area contributed by atoms with E-state index >= 15 is 0 Å². The van der Waals surface area contributed by atoms with Crippen LogP contribution in [0.1, 0.15) is 10.4 Å². The molecule has 3 aliphatic heterocycles. The molecule has 2 aromatic heterocycles. The van der Waals surface area contributed by atoms with Gasteiger partial charge in [0.15, 0.2) is 11.8 Å². The van der Waals surface area contributed by atoms with Gasteiger partial charge in [0.05, 0.1) is 63.9 Å². The molecule has 1 amide bonds. The van der Waals surface area contributed by atoms with Gasteiger partial charge in [-0.15, -0.1) is 0 Å². The molecule has 3 saturated heterocycles. The maximum atomic E-state index is 12.7. The summed E-state index contributed by atoms with van der Waals surface area (Å²) in [5.74, 6) is -0.000214.